The van der Waals surface area contributed by atoms with Gasteiger partial charge >= 0.3 is 0 Å². The van der Waals surface area contributed by atoms with Crippen molar-refractivity contribution in [2.75, 3.05) is 6.61 Å². The first-order valence-electron chi connectivity index (χ1n) is 9.31. The molecule has 0 N–H and O–H groups in total. The summed E-state index contributed by atoms with van der Waals surface area (Å²) in [6.07, 6.45) is 7.63. The lowest BCUT2D eigenvalue weighted by atomic mass is 9.65. The summed E-state index contributed by atoms with van der Waals surface area (Å²) in [5, 5.41) is 2.14. The number of ether oxygens (including phenoxy) is 1. The van der Waals surface area contributed by atoms with Gasteiger partial charge in [0.05, 0.1) is 5.60 Å². The van der Waals surface area contributed by atoms with E-state index >= 15 is 0 Å². The second-order valence-corrected chi connectivity index (χ2v) is 7.82. The smallest absolute Gasteiger partial charge is 0.189 e. The number of ketones is 1. The minimum atomic E-state index is -0.114. The van der Waals surface area contributed by atoms with Crippen LogP contribution < -0.4 is 0 Å². The number of fused-ring (bicyclic) bond motifs is 3. The van der Waals surface area contributed by atoms with Gasteiger partial charge in [-0.15, -0.1) is 0 Å². The highest BCUT2D eigenvalue weighted by Crippen LogP contribution is 2.47. The monoisotopic (exact) mass is 322 g/mol. The molecule has 2 aromatic carbocycles. The first-order valence-corrected chi connectivity index (χ1v) is 9.31. The van der Waals surface area contributed by atoms with Crippen LogP contribution in [0.1, 0.15) is 55.8 Å². The van der Waals surface area contributed by atoms with E-state index in [1.54, 1.807) is 0 Å². The summed E-state index contributed by atoms with van der Waals surface area (Å²) in [4.78, 5) is 12.8. The Balaban J connectivity index is 1.50. The van der Waals surface area contributed by atoms with Crippen molar-refractivity contribution in [3.63, 3.8) is 0 Å². The Labute approximate surface area is 144 Å². The Morgan fingerprint density at radius 2 is 1.96 bits per heavy atom. The van der Waals surface area contributed by atoms with Crippen LogP contribution in [0.2, 0.25) is 0 Å². The normalized spacial score (nSPS) is 29.5. The topological polar surface area (TPSA) is 26.3 Å². The molecule has 0 spiro atoms. The molecule has 2 aliphatic carbocycles. The molecule has 0 aliphatic heterocycles. The highest BCUT2D eigenvalue weighted by Gasteiger charge is 2.42. The molecule has 0 amide bonds. The van der Waals surface area contributed by atoms with Crippen LogP contribution in [0.4, 0.5) is 0 Å². The second-order valence-electron chi connectivity index (χ2n) is 7.82. The van der Waals surface area contributed by atoms with Crippen molar-refractivity contribution < 1.29 is 9.53 Å². The number of benzene rings is 2. The molecule has 126 valence electrons. The zero-order valence-corrected chi connectivity index (χ0v) is 14.5. The van der Waals surface area contributed by atoms with Gasteiger partial charge in [0, 0.05) is 5.56 Å². The third-order valence-corrected chi connectivity index (χ3v) is 6.32. The molecule has 2 saturated carbocycles. The summed E-state index contributed by atoms with van der Waals surface area (Å²) in [6.45, 7) is 2.43. The SMILES string of the molecule is C[C@]1(OCC(=O)c2cccc3ccccc23)CC[C@@H]2CCC[C@H]1C2. The lowest BCUT2D eigenvalue weighted by Gasteiger charge is -2.47. The van der Waals surface area contributed by atoms with Gasteiger partial charge in [0.1, 0.15) is 6.61 Å². The third kappa shape index (κ3) is 2.88. The molecule has 3 atom stereocenters. The van der Waals surface area contributed by atoms with E-state index in [1.807, 2.05) is 30.3 Å². The fourth-order valence-corrected chi connectivity index (χ4v) is 4.77. The van der Waals surface area contributed by atoms with E-state index in [-0.39, 0.29) is 18.0 Å². The van der Waals surface area contributed by atoms with E-state index in [0.29, 0.717) is 5.92 Å². The molecule has 0 aromatic heterocycles. The molecule has 0 radical (unpaired) electrons. The van der Waals surface area contributed by atoms with E-state index in [2.05, 4.69) is 19.1 Å². The second kappa shape index (κ2) is 6.33. The van der Waals surface area contributed by atoms with Crippen molar-refractivity contribution in [1.82, 2.24) is 0 Å². The summed E-state index contributed by atoms with van der Waals surface area (Å²) < 4.78 is 6.27. The predicted octanol–water partition coefficient (Wildman–Crippen LogP) is 5.40. The molecule has 4 rings (SSSR count). The van der Waals surface area contributed by atoms with E-state index < -0.39 is 0 Å². The van der Waals surface area contributed by atoms with Crippen LogP contribution in [0.5, 0.6) is 0 Å². The van der Waals surface area contributed by atoms with Gasteiger partial charge in [-0.2, -0.15) is 0 Å². The lowest BCUT2D eigenvalue weighted by Crippen LogP contribution is -2.45. The number of carbonyl (C=O) groups excluding carboxylic acids is 1. The van der Waals surface area contributed by atoms with Crippen LogP contribution in [0.25, 0.3) is 10.8 Å². The van der Waals surface area contributed by atoms with Crippen molar-refractivity contribution in [3.8, 4) is 0 Å². The van der Waals surface area contributed by atoms with E-state index in [0.717, 1.165) is 28.7 Å². The minimum absolute atomic E-state index is 0.103. The maximum atomic E-state index is 12.8. The molecule has 0 saturated heterocycles. The van der Waals surface area contributed by atoms with Crippen molar-refractivity contribution in [2.45, 2.75) is 51.0 Å². The zero-order chi connectivity index (χ0) is 16.6. The highest BCUT2D eigenvalue weighted by molar-refractivity contribution is 6.08. The Kier molecular flexibility index (Phi) is 4.17. The number of Topliss-reactive ketones (excluding diaryl/α,β-unsaturated/α-hetero) is 1. The van der Waals surface area contributed by atoms with Gasteiger partial charge < -0.3 is 4.74 Å². The van der Waals surface area contributed by atoms with Crippen LogP contribution in [0.15, 0.2) is 42.5 Å². The average molecular weight is 322 g/mol. The Bertz CT molecular complexity index is 745. The molecule has 2 fully saturated rings. The molecule has 2 heteroatoms. The maximum Gasteiger partial charge on any atom is 0.189 e. The molecular formula is C22H26O2. The number of rotatable bonds is 4. The van der Waals surface area contributed by atoms with Gasteiger partial charge in [-0.1, -0.05) is 55.3 Å². The summed E-state index contributed by atoms with van der Waals surface area (Å²) >= 11 is 0. The van der Waals surface area contributed by atoms with Crippen LogP contribution in [0.3, 0.4) is 0 Å². The number of hydrogen-bond donors (Lipinski definition) is 0. The largest absolute Gasteiger partial charge is 0.367 e. The van der Waals surface area contributed by atoms with Crippen LogP contribution in [-0.4, -0.2) is 18.0 Å². The van der Waals surface area contributed by atoms with Gasteiger partial charge in [-0.05, 0) is 55.2 Å². The minimum Gasteiger partial charge on any atom is -0.367 e. The zero-order valence-electron chi connectivity index (χ0n) is 14.5. The van der Waals surface area contributed by atoms with E-state index in [9.17, 15) is 4.79 Å². The van der Waals surface area contributed by atoms with Crippen molar-refractivity contribution >= 4 is 16.6 Å². The summed E-state index contributed by atoms with van der Waals surface area (Å²) in [6, 6.07) is 14.0. The maximum absolute atomic E-state index is 12.8. The predicted molar refractivity (Wildman–Crippen MR) is 97.3 cm³/mol. The molecule has 2 nitrogen and oxygen atoms in total. The van der Waals surface area contributed by atoms with Gasteiger partial charge in [0.2, 0.25) is 0 Å². The van der Waals surface area contributed by atoms with Crippen LogP contribution >= 0.6 is 0 Å². The van der Waals surface area contributed by atoms with Gasteiger partial charge in [-0.3, -0.25) is 4.79 Å². The number of hydrogen-bond acceptors (Lipinski definition) is 2. The van der Waals surface area contributed by atoms with Crippen LogP contribution in [0, 0.1) is 11.8 Å². The first kappa shape index (κ1) is 15.8. The molecule has 2 aromatic rings. The lowest BCUT2D eigenvalue weighted by molar-refractivity contribution is -0.108. The molecule has 2 bridgehead atoms. The van der Waals surface area contributed by atoms with Crippen molar-refractivity contribution in [3.05, 3.63) is 48.0 Å². The standard InChI is InChI=1S/C22H26O2/c1-22(13-12-16-6-4-9-18(22)14-16)24-15-21(23)20-11-5-8-17-7-2-3-10-19(17)20/h2-3,5,7-8,10-11,16,18H,4,6,9,12-15H2,1H3/t16-,18-,22-/m0/s1. The van der Waals surface area contributed by atoms with E-state index in [1.165, 1.54) is 32.1 Å². The molecule has 2 aliphatic rings. The van der Waals surface area contributed by atoms with Crippen molar-refractivity contribution in [2.24, 2.45) is 11.8 Å². The summed E-state index contributed by atoms with van der Waals surface area (Å²) in [5.74, 6) is 1.63. The molecule has 0 heterocycles. The fraction of sp³-hybridized carbons (Fsp3) is 0.500. The third-order valence-electron chi connectivity index (χ3n) is 6.32. The van der Waals surface area contributed by atoms with Crippen molar-refractivity contribution in [1.29, 1.82) is 0 Å². The molecule has 24 heavy (non-hydrogen) atoms. The highest BCUT2D eigenvalue weighted by atomic mass is 16.5. The molecular weight excluding hydrogens is 296 g/mol. The quantitative estimate of drug-likeness (QED) is 0.705. The van der Waals surface area contributed by atoms with E-state index in [4.69, 9.17) is 4.74 Å². The summed E-state index contributed by atoms with van der Waals surface area (Å²) in [7, 11) is 0. The first-order chi connectivity index (χ1) is 11.7. The Morgan fingerprint density at radius 3 is 2.88 bits per heavy atom. The van der Waals surface area contributed by atoms with Gasteiger partial charge in [0.25, 0.3) is 0 Å². The average Bonchev–Trinajstić information content (AvgIpc) is 2.63. The Morgan fingerprint density at radius 1 is 1.12 bits per heavy atom. The van der Waals surface area contributed by atoms with Crippen LogP contribution in [-0.2, 0) is 4.74 Å². The summed E-state index contributed by atoms with van der Waals surface area (Å²) in [5.41, 5.74) is 0.672. The van der Waals surface area contributed by atoms with Gasteiger partial charge in [-0.25, -0.2) is 0 Å². The molecule has 0 unspecified atom stereocenters. The van der Waals surface area contributed by atoms with Gasteiger partial charge in [0.15, 0.2) is 5.78 Å². The number of carbonyl (C=O) groups is 1. The Hall–Kier alpha value is -1.67. The fourth-order valence-electron chi connectivity index (χ4n) is 4.77.